The minimum Gasteiger partial charge on any atom is -0.323 e. The second-order valence-corrected chi connectivity index (χ2v) is 6.09. The number of hydrogen-bond acceptors (Lipinski definition) is 4. The highest BCUT2D eigenvalue weighted by molar-refractivity contribution is 6.33. The molecule has 0 aliphatic carbocycles. The molecule has 0 saturated carbocycles. The van der Waals surface area contributed by atoms with Crippen LogP contribution < -0.4 is 10.6 Å². The number of aryl methyl sites for hydroxylation is 2. The second-order valence-electron chi connectivity index (χ2n) is 5.68. The molecule has 25 heavy (non-hydrogen) atoms. The summed E-state index contributed by atoms with van der Waals surface area (Å²) in [5, 5.41) is 6.49. The van der Waals surface area contributed by atoms with E-state index in [1.165, 1.54) is 12.4 Å². The van der Waals surface area contributed by atoms with E-state index in [-0.39, 0.29) is 5.91 Å². The van der Waals surface area contributed by atoms with Gasteiger partial charge in [0, 0.05) is 18.1 Å². The summed E-state index contributed by atoms with van der Waals surface area (Å²) in [6.07, 6.45) is 2.95. The second kappa shape index (κ2) is 7.32. The number of aromatic nitrogens is 2. The lowest BCUT2D eigenvalue weighted by Gasteiger charge is -2.11. The summed E-state index contributed by atoms with van der Waals surface area (Å²) >= 11 is 6.27. The maximum atomic E-state index is 12.2. The van der Waals surface area contributed by atoms with Crippen LogP contribution in [0.2, 0.25) is 5.02 Å². The highest BCUT2D eigenvalue weighted by Gasteiger charge is 2.10. The number of para-hydroxylation sites is 1. The van der Waals surface area contributed by atoms with Crippen molar-refractivity contribution in [2.24, 2.45) is 0 Å². The first-order valence-corrected chi connectivity index (χ1v) is 8.13. The van der Waals surface area contributed by atoms with E-state index in [2.05, 4.69) is 20.6 Å². The summed E-state index contributed by atoms with van der Waals surface area (Å²) in [6, 6.07) is 13.1. The molecule has 1 aromatic heterocycles. The Labute approximate surface area is 151 Å². The molecule has 6 heteroatoms. The fourth-order valence-corrected chi connectivity index (χ4v) is 2.79. The van der Waals surface area contributed by atoms with Crippen molar-refractivity contribution < 1.29 is 4.79 Å². The van der Waals surface area contributed by atoms with Crippen molar-refractivity contribution in [3.05, 3.63) is 76.6 Å². The Balaban J connectivity index is 1.73. The van der Waals surface area contributed by atoms with Crippen LogP contribution in [0.1, 0.15) is 21.5 Å². The van der Waals surface area contributed by atoms with Gasteiger partial charge in [0.1, 0.15) is 0 Å². The number of carbonyl (C=O) groups excluding carboxylic acids is 1. The lowest BCUT2D eigenvalue weighted by molar-refractivity contribution is 0.102. The molecule has 2 aromatic carbocycles. The number of carbonyl (C=O) groups is 1. The zero-order valence-corrected chi connectivity index (χ0v) is 14.6. The highest BCUT2D eigenvalue weighted by atomic mass is 35.5. The molecule has 0 saturated heterocycles. The third kappa shape index (κ3) is 4.14. The fourth-order valence-electron chi connectivity index (χ4n) is 2.42. The number of hydrogen-bond donors (Lipinski definition) is 2. The summed E-state index contributed by atoms with van der Waals surface area (Å²) in [4.78, 5) is 20.6. The minimum absolute atomic E-state index is 0.262. The number of benzene rings is 2. The largest absolute Gasteiger partial charge is 0.323 e. The van der Waals surface area contributed by atoms with E-state index in [0.29, 0.717) is 16.5 Å². The fraction of sp³-hybridized carbons (Fsp3) is 0.105. The van der Waals surface area contributed by atoms with E-state index in [4.69, 9.17) is 11.6 Å². The molecular formula is C19H17ClN4O. The van der Waals surface area contributed by atoms with Crippen molar-refractivity contribution >= 4 is 34.8 Å². The van der Waals surface area contributed by atoms with Crippen LogP contribution in [-0.4, -0.2) is 15.9 Å². The van der Waals surface area contributed by atoms with Gasteiger partial charge in [0.05, 0.1) is 16.3 Å². The van der Waals surface area contributed by atoms with E-state index >= 15 is 0 Å². The summed E-state index contributed by atoms with van der Waals surface area (Å²) in [5.74, 6) is 0.118. The Bertz CT molecular complexity index is 872. The van der Waals surface area contributed by atoms with E-state index in [0.717, 1.165) is 22.5 Å². The first kappa shape index (κ1) is 16.9. The molecule has 5 nitrogen and oxygen atoms in total. The van der Waals surface area contributed by atoms with Gasteiger partial charge in [-0.3, -0.25) is 4.79 Å². The summed E-state index contributed by atoms with van der Waals surface area (Å²) < 4.78 is 0. The summed E-state index contributed by atoms with van der Waals surface area (Å²) in [5.41, 5.74) is 3.94. The van der Waals surface area contributed by atoms with Crippen LogP contribution in [0.4, 0.5) is 17.3 Å². The van der Waals surface area contributed by atoms with Gasteiger partial charge in [-0.15, -0.1) is 0 Å². The molecule has 1 heterocycles. The lowest BCUT2D eigenvalue weighted by atomic mass is 10.1. The molecule has 0 radical (unpaired) electrons. The Morgan fingerprint density at radius 3 is 2.36 bits per heavy atom. The summed E-state index contributed by atoms with van der Waals surface area (Å²) in [7, 11) is 0. The van der Waals surface area contributed by atoms with Gasteiger partial charge in [-0.2, -0.15) is 0 Å². The molecule has 0 aliphatic heterocycles. The quantitative estimate of drug-likeness (QED) is 0.711. The van der Waals surface area contributed by atoms with Gasteiger partial charge >= 0.3 is 0 Å². The van der Waals surface area contributed by atoms with Crippen LogP contribution in [0.25, 0.3) is 0 Å². The number of nitrogens with zero attached hydrogens (tertiary/aromatic N) is 2. The van der Waals surface area contributed by atoms with Gasteiger partial charge in [-0.05, 0) is 43.2 Å². The Morgan fingerprint density at radius 1 is 1.04 bits per heavy atom. The molecule has 0 fully saturated rings. The van der Waals surface area contributed by atoms with Crippen molar-refractivity contribution in [2.45, 2.75) is 13.8 Å². The third-order valence-corrected chi connectivity index (χ3v) is 3.91. The zero-order chi connectivity index (χ0) is 17.8. The van der Waals surface area contributed by atoms with Gasteiger partial charge in [0.2, 0.25) is 5.95 Å². The molecule has 126 valence electrons. The number of amides is 1. The molecule has 0 spiro atoms. The topological polar surface area (TPSA) is 66.9 Å². The molecule has 3 aromatic rings. The van der Waals surface area contributed by atoms with Crippen LogP contribution in [-0.2, 0) is 0 Å². The van der Waals surface area contributed by atoms with Crippen molar-refractivity contribution in [2.75, 3.05) is 10.6 Å². The number of anilines is 3. The Morgan fingerprint density at radius 2 is 1.72 bits per heavy atom. The number of nitrogens with one attached hydrogen (secondary N) is 2. The maximum absolute atomic E-state index is 12.2. The predicted octanol–water partition coefficient (Wildman–Crippen LogP) is 4.74. The van der Waals surface area contributed by atoms with Gasteiger partial charge in [0.25, 0.3) is 5.91 Å². The predicted molar refractivity (Wildman–Crippen MR) is 101 cm³/mol. The van der Waals surface area contributed by atoms with Crippen molar-refractivity contribution in [3.63, 3.8) is 0 Å². The lowest BCUT2D eigenvalue weighted by Crippen LogP contribution is -2.13. The first-order chi connectivity index (χ1) is 12.0. The van der Waals surface area contributed by atoms with Crippen molar-refractivity contribution in [1.29, 1.82) is 0 Å². The van der Waals surface area contributed by atoms with Crippen LogP contribution in [0.15, 0.2) is 54.9 Å². The number of halogens is 1. The maximum Gasteiger partial charge on any atom is 0.258 e. The van der Waals surface area contributed by atoms with Gasteiger partial charge < -0.3 is 10.6 Å². The monoisotopic (exact) mass is 352 g/mol. The van der Waals surface area contributed by atoms with Gasteiger partial charge in [-0.1, -0.05) is 35.9 Å². The minimum atomic E-state index is -0.262. The molecule has 0 aliphatic rings. The normalized spacial score (nSPS) is 10.4. The van der Waals surface area contributed by atoms with Gasteiger partial charge in [-0.25, -0.2) is 9.97 Å². The van der Waals surface area contributed by atoms with E-state index in [9.17, 15) is 4.79 Å². The van der Waals surface area contributed by atoms with E-state index in [1.54, 1.807) is 0 Å². The molecule has 0 atom stereocenters. The zero-order valence-electron chi connectivity index (χ0n) is 13.9. The molecule has 3 rings (SSSR count). The van der Waals surface area contributed by atoms with Crippen molar-refractivity contribution in [3.8, 4) is 0 Å². The molecule has 1 amide bonds. The molecular weight excluding hydrogens is 336 g/mol. The average Bonchev–Trinajstić information content (AvgIpc) is 2.59. The van der Waals surface area contributed by atoms with Crippen LogP contribution in [0.3, 0.4) is 0 Å². The van der Waals surface area contributed by atoms with Crippen LogP contribution in [0, 0.1) is 13.8 Å². The SMILES string of the molecule is Cc1cc(C)c(Nc2ncc(C(=O)Nc3ccccc3)cn2)c(Cl)c1. The van der Waals surface area contributed by atoms with Crippen LogP contribution >= 0.6 is 11.6 Å². The average molecular weight is 353 g/mol. The van der Waals surface area contributed by atoms with E-state index in [1.807, 2.05) is 56.3 Å². The molecule has 0 bridgehead atoms. The summed E-state index contributed by atoms with van der Waals surface area (Å²) in [6.45, 7) is 3.95. The number of rotatable bonds is 4. The van der Waals surface area contributed by atoms with Gasteiger partial charge in [0.15, 0.2) is 0 Å². The van der Waals surface area contributed by atoms with Crippen LogP contribution in [0.5, 0.6) is 0 Å². The Hall–Kier alpha value is -2.92. The highest BCUT2D eigenvalue weighted by Crippen LogP contribution is 2.29. The molecule has 0 unspecified atom stereocenters. The molecule has 2 N–H and O–H groups in total. The third-order valence-electron chi connectivity index (χ3n) is 3.61. The van der Waals surface area contributed by atoms with Crippen molar-refractivity contribution in [1.82, 2.24) is 9.97 Å². The first-order valence-electron chi connectivity index (χ1n) is 7.75. The van der Waals surface area contributed by atoms with E-state index < -0.39 is 0 Å². The Kier molecular flexibility index (Phi) is 4.95. The standard InChI is InChI=1S/C19H17ClN4O/c1-12-8-13(2)17(16(20)9-12)24-19-21-10-14(11-22-19)18(25)23-15-6-4-3-5-7-15/h3-11H,1-2H3,(H,23,25)(H,21,22,24). The smallest absolute Gasteiger partial charge is 0.258 e.